The van der Waals surface area contributed by atoms with Gasteiger partial charge in [-0.2, -0.15) is 0 Å². The summed E-state index contributed by atoms with van der Waals surface area (Å²) in [7, 11) is 1.34. The number of carbonyl (C=O) groups excluding carboxylic acids is 4. The quantitative estimate of drug-likeness (QED) is 0.585. The molecule has 2 fully saturated rings. The van der Waals surface area contributed by atoms with Gasteiger partial charge in [0.1, 0.15) is 0 Å². The molecule has 0 N–H and O–H groups in total. The summed E-state index contributed by atoms with van der Waals surface area (Å²) in [5, 5.41) is 0. The van der Waals surface area contributed by atoms with Gasteiger partial charge >= 0.3 is 5.97 Å². The molecule has 1 aromatic rings. The third kappa shape index (κ3) is 3.08. The van der Waals surface area contributed by atoms with Crippen molar-refractivity contribution < 1.29 is 23.9 Å². The standard InChI is InChI=1S/C21H24N2O5/c1-28-21(27)14-6-7-17-13(12-14)8-10-22(17)18(24)9-11-23-19(25)15-4-2-3-5-16(15)20(23)26/h6-7,12,15-16H,2-5,8-11H2,1H3/t15-,16-/m0/s1. The van der Waals surface area contributed by atoms with Crippen LogP contribution >= 0.6 is 0 Å². The van der Waals surface area contributed by atoms with Crippen molar-refractivity contribution in [1.29, 1.82) is 0 Å². The number of rotatable bonds is 4. The molecule has 1 aliphatic carbocycles. The molecular formula is C21H24N2O5. The number of hydrogen-bond donors (Lipinski definition) is 0. The summed E-state index contributed by atoms with van der Waals surface area (Å²) in [6.07, 6.45) is 4.33. The number of imide groups is 1. The molecule has 0 radical (unpaired) electrons. The molecular weight excluding hydrogens is 360 g/mol. The van der Waals surface area contributed by atoms with Crippen molar-refractivity contribution in [2.24, 2.45) is 11.8 Å². The highest BCUT2D eigenvalue weighted by atomic mass is 16.5. The van der Waals surface area contributed by atoms with E-state index in [0.717, 1.165) is 36.9 Å². The average Bonchev–Trinajstić information content (AvgIpc) is 3.25. The number of amides is 3. The van der Waals surface area contributed by atoms with Crippen molar-refractivity contribution in [3.05, 3.63) is 29.3 Å². The largest absolute Gasteiger partial charge is 0.465 e. The van der Waals surface area contributed by atoms with Crippen LogP contribution in [0.25, 0.3) is 0 Å². The normalized spacial score (nSPS) is 23.6. The summed E-state index contributed by atoms with van der Waals surface area (Å²) < 4.78 is 4.74. The highest BCUT2D eigenvalue weighted by Crippen LogP contribution is 2.38. The van der Waals surface area contributed by atoms with Crippen molar-refractivity contribution in [2.45, 2.75) is 38.5 Å². The van der Waals surface area contributed by atoms with Gasteiger partial charge in [0.25, 0.3) is 0 Å². The van der Waals surface area contributed by atoms with Crippen LogP contribution in [0.4, 0.5) is 5.69 Å². The van der Waals surface area contributed by atoms with Crippen LogP contribution in [0.2, 0.25) is 0 Å². The lowest BCUT2D eigenvalue weighted by molar-refractivity contribution is -0.140. The molecule has 1 saturated carbocycles. The molecule has 1 aromatic carbocycles. The monoisotopic (exact) mass is 384 g/mol. The van der Waals surface area contributed by atoms with Crippen LogP contribution in [0.1, 0.15) is 48.0 Å². The number of fused-ring (bicyclic) bond motifs is 2. The minimum atomic E-state index is -0.403. The first-order valence-corrected chi connectivity index (χ1v) is 9.88. The van der Waals surface area contributed by atoms with Gasteiger partial charge in [0.2, 0.25) is 17.7 Å². The number of esters is 1. The molecule has 7 heteroatoms. The summed E-state index contributed by atoms with van der Waals surface area (Å²) in [6, 6.07) is 5.16. The lowest BCUT2D eigenvalue weighted by Gasteiger charge is -2.20. The summed E-state index contributed by atoms with van der Waals surface area (Å²) in [6.45, 7) is 0.682. The van der Waals surface area contributed by atoms with Gasteiger partial charge < -0.3 is 9.64 Å². The number of benzene rings is 1. The first kappa shape index (κ1) is 18.7. The first-order valence-electron chi connectivity index (χ1n) is 9.88. The number of hydrogen-bond acceptors (Lipinski definition) is 5. The second-order valence-corrected chi connectivity index (χ2v) is 7.71. The zero-order valence-electron chi connectivity index (χ0n) is 16.0. The Balaban J connectivity index is 1.41. The maximum absolute atomic E-state index is 12.8. The van der Waals surface area contributed by atoms with Gasteiger partial charge in [0, 0.05) is 25.2 Å². The van der Waals surface area contributed by atoms with E-state index in [4.69, 9.17) is 4.74 Å². The summed E-state index contributed by atoms with van der Waals surface area (Å²) in [4.78, 5) is 52.5. The van der Waals surface area contributed by atoms with E-state index in [-0.39, 0.29) is 42.5 Å². The number of ether oxygens (including phenoxy) is 1. The molecule has 3 aliphatic rings. The number of carbonyl (C=O) groups is 4. The number of anilines is 1. The zero-order chi connectivity index (χ0) is 19.8. The van der Waals surface area contributed by atoms with Crippen LogP contribution in [-0.4, -0.2) is 48.8 Å². The van der Waals surface area contributed by atoms with Crippen LogP contribution in [0.5, 0.6) is 0 Å². The van der Waals surface area contributed by atoms with Crippen LogP contribution in [0, 0.1) is 11.8 Å². The maximum atomic E-state index is 12.8. The van der Waals surface area contributed by atoms with Gasteiger partial charge in [-0.1, -0.05) is 12.8 Å². The van der Waals surface area contributed by atoms with Crippen LogP contribution in [0.3, 0.4) is 0 Å². The third-order valence-corrected chi connectivity index (χ3v) is 6.18. The van der Waals surface area contributed by atoms with Gasteiger partial charge in [-0.15, -0.1) is 0 Å². The highest BCUT2D eigenvalue weighted by Gasteiger charge is 2.48. The molecule has 0 aromatic heterocycles. The Morgan fingerprint density at radius 2 is 1.79 bits per heavy atom. The van der Waals surface area contributed by atoms with Gasteiger partial charge in [-0.05, 0) is 43.0 Å². The van der Waals surface area contributed by atoms with E-state index in [2.05, 4.69) is 0 Å². The van der Waals surface area contributed by atoms with E-state index in [1.165, 1.54) is 12.0 Å². The summed E-state index contributed by atoms with van der Waals surface area (Å²) in [5.41, 5.74) is 2.17. The molecule has 2 heterocycles. The van der Waals surface area contributed by atoms with E-state index in [1.807, 2.05) is 0 Å². The second kappa shape index (κ2) is 7.37. The molecule has 0 spiro atoms. The van der Waals surface area contributed by atoms with Crippen LogP contribution < -0.4 is 4.90 Å². The fraction of sp³-hybridized carbons (Fsp3) is 0.524. The molecule has 28 heavy (non-hydrogen) atoms. The van der Waals surface area contributed by atoms with Crippen molar-refractivity contribution in [2.75, 3.05) is 25.1 Å². The SMILES string of the molecule is COC(=O)c1ccc2c(c1)CCN2C(=O)CCN1C(=O)[C@H]2CCCC[C@@H]2C1=O. The molecule has 1 saturated heterocycles. The Morgan fingerprint density at radius 1 is 1.11 bits per heavy atom. The Morgan fingerprint density at radius 3 is 2.43 bits per heavy atom. The second-order valence-electron chi connectivity index (χ2n) is 7.71. The van der Waals surface area contributed by atoms with Crippen molar-refractivity contribution in [3.8, 4) is 0 Å². The third-order valence-electron chi connectivity index (χ3n) is 6.18. The summed E-state index contributed by atoms with van der Waals surface area (Å²) >= 11 is 0. The maximum Gasteiger partial charge on any atom is 0.337 e. The predicted molar refractivity (Wildman–Crippen MR) is 101 cm³/mol. The Bertz CT molecular complexity index is 825. The molecule has 2 atom stereocenters. The number of nitrogens with zero attached hydrogens (tertiary/aromatic N) is 2. The molecule has 148 valence electrons. The van der Waals surface area contributed by atoms with E-state index in [0.29, 0.717) is 18.5 Å². The molecule has 7 nitrogen and oxygen atoms in total. The molecule has 2 aliphatic heterocycles. The van der Waals surface area contributed by atoms with Gasteiger partial charge in [-0.3, -0.25) is 19.3 Å². The van der Waals surface area contributed by atoms with Gasteiger partial charge in [-0.25, -0.2) is 4.79 Å². The number of methoxy groups -OCH3 is 1. The predicted octanol–water partition coefficient (Wildman–Crippen LogP) is 1.93. The number of likely N-dealkylation sites (tertiary alicyclic amines) is 1. The fourth-order valence-corrected chi connectivity index (χ4v) is 4.70. The zero-order valence-corrected chi connectivity index (χ0v) is 16.0. The fourth-order valence-electron chi connectivity index (χ4n) is 4.70. The van der Waals surface area contributed by atoms with E-state index in [9.17, 15) is 19.2 Å². The van der Waals surface area contributed by atoms with E-state index < -0.39 is 5.97 Å². The lowest BCUT2D eigenvalue weighted by atomic mass is 9.81. The first-order chi connectivity index (χ1) is 13.5. The molecule has 0 bridgehead atoms. The van der Waals surface area contributed by atoms with E-state index in [1.54, 1.807) is 23.1 Å². The van der Waals surface area contributed by atoms with Crippen molar-refractivity contribution in [1.82, 2.24) is 4.90 Å². The Kier molecular flexibility index (Phi) is 4.91. The molecule has 4 rings (SSSR count). The van der Waals surface area contributed by atoms with Gasteiger partial charge in [0.15, 0.2) is 0 Å². The van der Waals surface area contributed by atoms with Crippen molar-refractivity contribution >= 4 is 29.4 Å². The highest BCUT2D eigenvalue weighted by molar-refractivity contribution is 6.06. The van der Waals surface area contributed by atoms with Crippen LogP contribution in [0.15, 0.2) is 18.2 Å². The Hall–Kier alpha value is -2.70. The minimum absolute atomic E-state index is 0.105. The Labute approximate surface area is 163 Å². The topological polar surface area (TPSA) is 84.0 Å². The molecule has 0 unspecified atom stereocenters. The lowest BCUT2D eigenvalue weighted by Crippen LogP contribution is -2.36. The minimum Gasteiger partial charge on any atom is -0.465 e. The summed E-state index contributed by atoms with van der Waals surface area (Å²) in [5.74, 6) is -1.08. The smallest absolute Gasteiger partial charge is 0.337 e. The van der Waals surface area contributed by atoms with Crippen LogP contribution in [-0.2, 0) is 25.5 Å². The van der Waals surface area contributed by atoms with E-state index >= 15 is 0 Å². The van der Waals surface area contributed by atoms with Gasteiger partial charge in [0.05, 0.1) is 24.5 Å². The average molecular weight is 384 g/mol. The van der Waals surface area contributed by atoms with Crippen molar-refractivity contribution in [3.63, 3.8) is 0 Å². The molecule has 3 amide bonds.